The summed E-state index contributed by atoms with van der Waals surface area (Å²) in [5, 5.41) is 11.4. The van der Waals surface area contributed by atoms with Crippen LogP contribution < -0.4 is 5.56 Å². The maximum Gasteiger partial charge on any atom is 0.259 e. The van der Waals surface area contributed by atoms with Crippen molar-refractivity contribution in [3.63, 3.8) is 0 Å². The molecule has 2 aromatic heterocycles. The van der Waals surface area contributed by atoms with E-state index in [1.165, 1.54) is 16.9 Å². The Labute approximate surface area is 193 Å². The Morgan fingerprint density at radius 2 is 1.97 bits per heavy atom. The van der Waals surface area contributed by atoms with Gasteiger partial charge in [0.1, 0.15) is 10.7 Å². The first-order valence-electron chi connectivity index (χ1n) is 11.5. The van der Waals surface area contributed by atoms with Gasteiger partial charge in [-0.15, -0.1) is 11.3 Å². The standard InChI is InChI=1S/C25H33N3O3S/c1-17(2)12-28(13-19(29)16-31-15-18-8-4-3-5-9-18)14-22-26-24(30)23-20-10-6-7-11-21(20)32-25(23)27-22/h3-5,8-9,17,19,29H,6-7,10-16H2,1-2H3,(H,26,27,30). The molecule has 3 aromatic rings. The highest BCUT2D eigenvalue weighted by atomic mass is 32.1. The van der Waals surface area contributed by atoms with Gasteiger partial charge in [0.25, 0.3) is 5.56 Å². The van der Waals surface area contributed by atoms with Gasteiger partial charge in [-0.2, -0.15) is 0 Å². The number of aryl methyl sites for hydroxylation is 2. The zero-order valence-electron chi connectivity index (χ0n) is 19.0. The van der Waals surface area contributed by atoms with Gasteiger partial charge in [0.2, 0.25) is 0 Å². The molecule has 7 heteroatoms. The van der Waals surface area contributed by atoms with Crippen LogP contribution in [0.1, 0.15) is 48.5 Å². The molecule has 0 bridgehead atoms. The van der Waals surface area contributed by atoms with Gasteiger partial charge in [-0.1, -0.05) is 44.2 Å². The Morgan fingerprint density at radius 3 is 2.75 bits per heavy atom. The molecular formula is C25H33N3O3S. The highest BCUT2D eigenvalue weighted by Gasteiger charge is 2.21. The molecule has 0 radical (unpaired) electrons. The molecule has 172 valence electrons. The van der Waals surface area contributed by atoms with E-state index < -0.39 is 6.10 Å². The molecule has 2 N–H and O–H groups in total. The molecule has 0 saturated heterocycles. The van der Waals surface area contributed by atoms with Gasteiger partial charge in [-0.05, 0) is 42.7 Å². The third kappa shape index (κ3) is 5.84. The number of hydrogen-bond donors (Lipinski definition) is 2. The van der Waals surface area contributed by atoms with Gasteiger partial charge >= 0.3 is 0 Å². The lowest BCUT2D eigenvalue weighted by Crippen LogP contribution is -2.37. The molecule has 0 spiro atoms. The Kier molecular flexibility index (Phi) is 7.73. The molecule has 32 heavy (non-hydrogen) atoms. The molecule has 2 heterocycles. The largest absolute Gasteiger partial charge is 0.389 e. The van der Waals surface area contributed by atoms with Gasteiger partial charge in [0.15, 0.2) is 0 Å². The summed E-state index contributed by atoms with van der Waals surface area (Å²) in [7, 11) is 0. The second kappa shape index (κ2) is 10.7. The van der Waals surface area contributed by atoms with Crippen molar-refractivity contribution >= 4 is 21.6 Å². The Bertz CT molecular complexity index is 1080. The van der Waals surface area contributed by atoms with E-state index in [-0.39, 0.29) is 12.2 Å². The number of nitrogens with one attached hydrogen (secondary N) is 1. The molecule has 1 aliphatic carbocycles. The average molecular weight is 456 g/mol. The van der Waals surface area contributed by atoms with Crippen LogP contribution in [0.4, 0.5) is 0 Å². The number of H-pyrrole nitrogens is 1. The molecule has 6 nitrogen and oxygen atoms in total. The van der Waals surface area contributed by atoms with Crippen molar-refractivity contribution in [1.82, 2.24) is 14.9 Å². The predicted octanol–water partition coefficient (Wildman–Crippen LogP) is 3.90. The number of fused-ring (bicyclic) bond motifs is 3. The number of benzene rings is 1. The second-order valence-electron chi connectivity index (χ2n) is 9.15. The fourth-order valence-corrected chi connectivity index (χ4v) is 5.73. The maximum absolute atomic E-state index is 12.9. The van der Waals surface area contributed by atoms with Gasteiger partial charge in [0.05, 0.1) is 31.2 Å². The zero-order valence-corrected chi connectivity index (χ0v) is 19.8. The lowest BCUT2D eigenvalue weighted by molar-refractivity contribution is 0.00639. The molecule has 0 saturated carbocycles. The third-order valence-electron chi connectivity index (χ3n) is 5.76. The number of aromatic nitrogens is 2. The highest BCUT2D eigenvalue weighted by molar-refractivity contribution is 7.18. The van der Waals surface area contributed by atoms with Crippen molar-refractivity contribution in [2.75, 3.05) is 19.7 Å². The van der Waals surface area contributed by atoms with E-state index in [0.717, 1.165) is 41.6 Å². The van der Waals surface area contributed by atoms with Crippen LogP contribution in [0.3, 0.4) is 0 Å². The van der Waals surface area contributed by atoms with Crippen molar-refractivity contribution in [3.8, 4) is 0 Å². The van der Waals surface area contributed by atoms with E-state index in [4.69, 9.17) is 9.72 Å². The van der Waals surface area contributed by atoms with Crippen LogP contribution in [0.2, 0.25) is 0 Å². The molecule has 1 aromatic carbocycles. The predicted molar refractivity (Wildman–Crippen MR) is 129 cm³/mol. The quantitative estimate of drug-likeness (QED) is 0.485. The van der Waals surface area contributed by atoms with Crippen molar-refractivity contribution in [1.29, 1.82) is 0 Å². The Balaban J connectivity index is 1.41. The number of aliphatic hydroxyl groups excluding tert-OH is 1. The van der Waals surface area contributed by atoms with Crippen LogP contribution in [-0.2, 0) is 30.7 Å². The Hall–Kier alpha value is -2.06. The highest BCUT2D eigenvalue weighted by Crippen LogP contribution is 2.33. The SMILES string of the molecule is CC(C)CN(Cc1nc2sc3c(c2c(=O)[nH]1)CCCC3)CC(O)COCc1ccccc1. The molecule has 0 aliphatic heterocycles. The monoisotopic (exact) mass is 455 g/mol. The van der Waals surface area contributed by atoms with E-state index >= 15 is 0 Å². The van der Waals surface area contributed by atoms with Crippen molar-refractivity contribution in [3.05, 3.63) is 62.5 Å². The normalized spacial score (nSPS) is 14.9. The molecule has 1 atom stereocenters. The van der Waals surface area contributed by atoms with E-state index in [9.17, 15) is 9.90 Å². The first-order chi connectivity index (χ1) is 15.5. The van der Waals surface area contributed by atoms with Gasteiger partial charge in [0, 0.05) is 18.0 Å². The summed E-state index contributed by atoms with van der Waals surface area (Å²) in [6.07, 6.45) is 3.76. The number of nitrogens with zero attached hydrogens (tertiary/aromatic N) is 2. The molecule has 4 rings (SSSR count). The minimum atomic E-state index is -0.609. The molecule has 0 amide bonds. The van der Waals surface area contributed by atoms with Gasteiger partial charge < -0.3 is 14.8 Å². The number of ether oxygens (including phenoxy) is 1. The van der Waals surface area contributed by atoms with Crippen LogP contribution in [-0.4, -0.2) is 45.8 Å². The summed E-state index contributed by atoms with van der Waals surface area (Å²) >= 11 is 1.67. The van der Waals surface area contributed by atoms with Crippen molar-refractivity contribution < 1.29 is 9.84 Å². The van der Waals surface area contributed by atoms with Gasteiger partial charge in [-0.25, -0.2) is 4.98 Å². The minimum absolute atomic E-state index is 0.0272. The van der Waals surface area contributed by atoms with E-state index in [1.807, 2.05) is 30.3 Å². The molecular weight excluding hydrogens is 422 g/mol. The summed E-state index contributed by atoms with van der Waals surface area (Å²) in [5.74, 6) is 1.09. The fraction of sp³-hybridized carbons (Fsp3) is 0.520. The summed E-state index contributed by atoms with van der Waals surface area (Å²) < 4.78 is 5.71. The third-order valence-corrected chi connectivity index (χ3v) is 6.95. The van der Waals surface area contributed by atoms with Crippen LogP contribution in [0.15, 0.2) is 35.1 Å². The lowest BCUT2D eigenvalue weighted by Gasteiger charge is -2.26. The maximum atomic E-state index is 12.9. The molecule has 1 unspecified atom stereocenters. The molecule has 1 aliphatic rings. The molecule has 0 fully saturated rings. The zero-order chi connectivity index (χ0) is 22.5. The van der Waals surface area contributed by atoms with Crippen LogP contribution in [0.25, 0.3) is 10.2 Å². The fourth-order valence-electron chi connectivity index (χ4n) is 4.45. The average Bonchev–Trinajstić information content (AvgIpc) is 3.12. The smallest absolute Gasteiger partial charge is 0.259 e. The van der Waals surface area contributed by atoms with Crippen molar-refractivity contribution in [2.24, 2.45) is 5.92 Å². The second-order valence-corrected chi connectivity index (χ2v) is 10.2. The van der Waals surface area contributed by atoms with E-state index in [1.54, 1.807) is 11.3 Å². The van der Waals surface area contributed by atoms with Gasteiger partial charge in [-0.3, -0.25) is 9.69 Å². The van der Waals surface area contributed by atoms with Crippen LogP contribution in [0.5, 0.6) is 0 Å². The summed E-state index contributed by atoms with van der Waals surface area (Å²) in [6, 6.07) is 9.96. The lowest BCUT2D eigenvalue weighted by atomic mass is 9.97. The Morgan fingerprint density at radius 1 is 1.19 bits per heavy atom. The van der Waals surface area contributed by atoms with E-state index in [0.29, 0.717) is 31.4 Å². The first-order valence-corrected chi connectivity index (χ1v) is 12.4. The number of hydrogen-bond acceptors (Lipinski definition) is 6. The number of rotatable bonds is 10. The number of aliphatic hydroxyl groups is 1. The van der Waals surface area contributed by atoms with Crippen molar-refractivity contribution in [2.45, 2.75) is 58.8 Å². The van der Waals surface area contributed by atoms with Crippen LogP contribution in [0, 0.1) is 5.92 Å². The number of thiophene rings is 1. The first kappa shape index (κ1) is 23.1. The summed E-state index contributed by atoms with van der Waals surface area (Å²) in [6.45, 7) is 6.83. The van der Waals surface area contributed by atoms with Crippen LogP contribution >= 0.6 is 11.3 Å². The minimum Gasteiger partial charge on any atom is -0.389 e. The van der Waals surface area contributed by atoms with E-state index in [2.05, 4.69) is 23.7 Å². The summed E-state index contributed by atoms with van der Waals surface area (Å²) in [5.41, 5.74) is 2.27. The summed E-state index contributed by atoms with van der Waals surface area (Å²) in [4.78, 5) is 25.0. The number of aromatic amines is 1. The topological polar surface area (TPSA) is 78.5 Å².